The van der Waals surface area contributed by atoms with E-state index in [1.165, 1.54) is 24.3 Å². The number of carbonyl (C=O) groups excluding carboxylic acids is 1. The molecule has 3 nitrogen and oxygen atoms in total. The number of rotatable bonds is 7. The molecule has 2 aromatic carbocycles. The summed E-state index contributed by atoms with van der Waals surface area (Å²) in [6.07, 6.45) is 6.14. The van der Waals surface area contributed by atoms with Crippen molar-refractivity contribution in [2.24, 2.45) is 0 Å². The molecule has 0 N–H and O–H groups in total. The molecule has 0 saturated heterocycles. The van der Waals surface area contributed by atoms with Gasteiger partial charge in [-0.1, -0.05) is 36.4 Å². The van der Waals surface area contributed by atoms with E-state index >= 15 is 0 Å². The number of alkyl halides is 2. The molecule has 0 heterocycles. The van der Waals surface area contributed by atoms with Crippen LogP contribution in [-0.4, -0.2) is 19.5 Å². The van der Waals surface area contributed by atoms with E-state index in [2.05, 4.69) is 4.74 Å². The van der Waals surface area contributed by atoms with Gasteiger partial charge in [0.1, 0.15) is 11.5 Å². The van der Waals surface area contributed by atoms with Gasteiger partial charge in [0.05, 0.1) is 7.11 Å². The van der Waals surface area contributed by atoms with E-state index in [4.69, 9.17) is 4.74 Å². The summed E-state index contributed by atoms with van der Waals surface area (Å²) >= 11 is 0. The minimum absolute atomic E-state index is 0.0754. The van der Waals surface area contributed by atoms with Crippen LogP contribution in [0.15, 0.2) is 60.7 Å². The van der Waals surface area contributed by atoms with E-state index in [0.717, 1.165) is 5.56 Å². The van der Waals surface area contributed by atoms with Crippen LogP contribution in [0.25, 0.3) is 12.2 Å². The van der Waals surface area contributed by atoms with Gasteiger partial charge in [0, 0.05) is 0 Å². The molecule has 0 aliphatic rings. The lowest BCUT2D eigenvalue weighted by molar-refractivity contribution is -0.110. The predicted octanol–water partition coefficient (Wildman–Crippen LogP) is 4.59. The Balaban J connectivity index is 1.95. The summed E-state index contributed by atoms with van der Waals surface area (Å²) in [5.41, 5.74) is 1.56. The van der Waals surface area contributed by atoms with Crippen LogP contribution in [0.1, 0.15) is 11.1 Å². The first kappa shape index (κ1) is 17.4. The Morgan fingerprint density at radius 3 is 2.25 bits per heavy atom. The number of hydrogen-bond donors (Lipinski definition) is 0. The fourth-order valence-corrected chi connectivity index (χ4v) is 1.92. The van der Waals surface area contributed by atoms with Crippen LogP contribution >= 0.6 is 0 Å². The fraction of sp³-hybridized carbons (Fsp3) is 0.105. The summed E-state index contributed by atoms with van der Waals surface area (Å²) in [6, 6.07) is 13.3. The van der Waals surface area contributed by atoms with Crippen molar-refractivity contribution >= 4 is 17.9 Å². The summed E-state index contributed by atoms with van der Waals surface area (Å²) in [4.78, 5) is 11.8. The molecule has 0 atom stereocenters. The van der Waals surface area contributed by atoms with Gasteiger partial charge in [-0.05, 0) is 47.5 Å². The molecule has 0 spiro atoms. The minimum atomic E-state index is -2.85. The summed E-state index contributed by atoms with van der Waals surface area (Å²) in [6.45, 7) is -2.85. The zero-order valence-corrected chi connectivity index (χ0v) is 13.0. The van der Waals surface area contributed by atoms with Crippen LogP contribution in [0, 0.1) is 0 Å². The molecular weight excluding hydrogens is 314 g/mol. The maximum atomic E-state index is 12.1. The first-order chi connectivity index (χ1) is 11.6. The Kier molecular flexibility index (Phi) is 6.25. The standard InChI is InChI=1S/C19H16F2O3/c1-23-18-4-2-3-15(13-18)6-10-16(22)9-5-14-7-11-17(12-8-14)24-19(20)21/h2-13,19H,1H3/b9-5+,10-6+. The molecule has 0 aliphatic heterocycles. The third kappa shape index (κ3) is 5.68. The molecule has 2 rings (SSSR count). The maximum Gasteiger partial charge on any atom is 0.387 e. The molecular formula is C19H16F2O3. The average Bonchev–Trinajstić information content (AvgIpc) is 2.59. The number of allylic oxidation sites excluding steroid dienone is 2. The van der Waals surface area contributed by atoms with Gasteiger partial charge in [0.15, 0.2) is 5.78 Å². The van der Waals surface area contributed by atoms with Gasteiger partial charge in [-0.25, -0.2) is 0 Å². The van der Waals surface area contributed by atoms with Gasteiger partial charge < -0.3 is 9.47 Å². The monoisotopic (exact) mass is 330 g/mol. The van der Waals surface area contributed by atoms with Crippen molar-refractivity contribution in [1.82, 2.24) is 0 Å². The Morgan fingerprint density at radius 1 is 0.958 bits per heavy atom. The topological polar surface area (TPSA) is 35.5 Å². The molecule has 2 aromatic rings. The molecule has 24 heavy (non-hydrogen) atoms. The van der Waals surface area contributed by atoms with Crippen molar-refractivity contribution in [2.75, 3.05) is 7.11 Å². The third-order valence-corrected chi connectivity index (χ3v) is 3.08. The van der Waals surface area contributed by atoms with Crippen LogP contribution in [0.3, 0.4) is 0 Å². The van der Waals surface area contributed by atoms with Gasteiger partial charge in [0.2, 0.25) is 0 Å². The van der Waals surface area contributed by atoms with Crippen LogP contribution in [0.5, 0.6) is 11.5 Å². The smallest absolute Gasteiger partial charge is 0.387 e. The lowest BCUT2D eigenvalue weighted by Gasteiger charge is -2.03. The summed E-state index contributed by atoms with van der Waals surface area (Å²) in [7, 11) is 1.58. The van der Waals surface area contributed by atoms with E-state index in [9.17, 15) is 13.6 Å². The molecule has 0 saturated carbocycles. The van der Waals surface area contributed by atoms with Gasteiger partial charge in [-0.2, -0.15) is 8.78 Å². The van der Waals surface area contributed by atoms with Crippen molar-refractivity contribution in [3.63, 3.8) is 0 Å². The quantitative estimate of drug-likeness (QED) is 0.697. The van der Waals surface area contributed by atoms with E-state index < -0.39 is 6.61 Å². The second-order valence-corrected chi connectivity index (χ2v) is 4.79. The summed E-state index contributed by atoms with van der Waals surface area (Å²) < 4.78 is 33.5. The maximum absolute atomic E-state index is 12.1. The highest BCUT2D eigenvalue weighted by Gasteiger charge is 2.02. The number of hydrogen-bond acceptors (Lipinski definition) is 3. The fourth-order valence-electron chi connectivity index (χ4n) is 1.92. The number of halogens is 2. The molecule has 124 valence electrons. The Bertz CT molecular complexity index is 735. The van der Waals surface area contributed by atoms with Crippen molar-refractivity contribution in [1.29, 1.82) is 0 Å². The molecule has 5 heteroatoms. The van der Waals surface area contributed by atoms with Gasteiger partial charge in [-0.15, -0.1) is 0 Å². The first-order valence-electron chi connectivity index (χ1n) is 7.16. The van der Waals surface area contributed by atoms with Crippen LogP contribution < -0.4 is 9.47 Å². The number of methoxy groups -OCH3 is 1. The first-order valence-corrected chi connectivity index (χ1v) is 7.16. The number of ketones is 1. The predicted molar refractivity (Wildman–Crippen MR) is 89.1 cm³/mol. The Morgan fingerprint density at radius 2 is 1.62 bits per heavy atom. The molecule has 0 unspecified atom stereocenters. The highest BCUT2D eigenvalue weighted by Crippen LogP contribution is 2.16. The van der Waals surface area contributed by atoms with Gasteiger partial charge in [-0.3, -0.25) is 4.79 Å². The normalized spacial score (nSPS) is 11.3. The number of carbonyl (C=O) groups is 1. The summed E-state index contributed by atoms with van der Waals surface area (Å²) in [5, 5.41) is 0. The van der Waals surface area contributed by atoms with Crippen molar-refractivity contribution in [2.45, 2.75) is 6.61 Å². The largest absolute Gasteiger partial charge is 0.497 e. The second kappa shape index (κ2) is 8.62. The summed E-state index contributed by atoms with van der Waals surface area (Å²) in [5.74, 6) is 0.600. The molecule has 0 radical (unpaired) electrons. The van der Waals surface area contributed by atoms with Gasteiger partial charge in [0.25, 0.3) is 0 Å². The van der Waals surface area contributed by atoms with E-state index in [1.807, 2.05) is 24.3 Å². The Hall–Kier alpha value is -2.95. The second-order valence-electron chi connectivity index (χ2n) is 4.79. The SMILES string of the molecule is COc1cccc(/C=C/C(=O)/C=C/c2ccc(OC(F)F)cc2)c1. The minimum Gasteiger partial charge on any atom is -0.497 e. The molecule has 0 aliphatic carbocycles. The average molecular weight is 330 g/mol. The zero-order chi connectivity index (χ0) is 17.4. The highest BCUT2D eigenvalue weighted by atomic mass is 19.3. The van der Waals surface area contributed by atoms with Crippen LogP contribution in [0.4, 0.5) is 8.78 Å². The molecule has 0 amide bonds. The number of ether oxygens (including phenoxy) is 2. The third-order valence-electron chi connectivity index (χ3n) is 3.08. The van der Waals surface area contributed by atoms with Crippen molar-refractivity contribution in [3.8, 4) is 11.5 Å². The van der Waals surface area contributed by atoms with E-state index in [1.54, 1.807) is 31.4 Å². The molecule has 0 aromatic heterocycles. The van der Waals surface area contributed by atoms with Crippen LogP contribution in [0.2, 0.25) is 0 Å². The lowest BCUT2D eigenvalue weighted by atomic mass is 10.1. The zero-order valence-electron chi connectivity index (χ0n) is 13.0. The highest BCUT2D eigenvalue weighted by molar-refractivity contribution is 6.04. The van der Waals surface area contributed by atoms with E-state index in [0.29, 0.717) is 11.3 Å². The van der Waals surface area contributed by atoms with Crippen molar-refractivity contribution < 1.29 is 23.0 Å². The van der Waals surface area contributed by atoms with E-state index in [-0.39, 0.29) is 11.5 Å². The molecule has 0 fully saturated rings. The lowest BCUT2D eigenvalue weighted by Crippen LogP contribution is -2.01. The van der Waals surface area contributed by atoms with Gasteiger partial charge >= 0.3 is 6.61 Å². The number of benzene rings is 2. The van der Waals surface area contributed by atoms with Crippen molar-refractivity contribution in [3.05, 3.63) is 71.8 Å². The Labute approximate surface area is 138 Å². The van der Waals surface area contributed by atoms with Crippen LogP contribution in [-0.2, 0) is 4.79 Å². The molecule has 0 bridgehead atoms.